The Balaban J connectivity index is 1.95. The van der Waals surface area contributed by atoms with Gasteiger partial charge >= 0.3 is 12.1 Å². The van der Waals surface area contributed by atoms with Crippen LogP contribution in [0.15, 0.2) is 36.5 Å². The van der Waals surface area contributed by atoms with E-state index in [-0.39, 0.29) is 27.8 Å². The lowest BCUT2D eigenvalue weighted by atomic mass is 10.2. The summed E-state index contributed by atoms with van der Waals surface area (Å²) in [6.07, 6.45) is -4.88. The minimum atomic E-state index is -4.53. The fourth-order valence-electron chi connectivity index (χ4n) is 1.98. The number of carbonyl (C=O) groups excluding carboxylic acids is 2. The number of hydrogen-bond donors (Lipinski definition) is 1. The summed E-state index contributed by atoms with van der Waals surface area (Å²) >= 11 is 5.88. The standard InChI is InChI=1S/C17H13ClF3N3O6/c1-9(15(25)23-13-4-3-11(24(27)28)6-12(13)18)30-16(26)10-2-5-14(22-7-10)29-8-17(19,20)21/h2-7,9H,8H2,1H3,(H,23,25). The molecular weight excluding hydrogens is 435 g/mol. The van der Waals surface area contributed by atoms with Gasteiger partial charge in [0.05, 0.1) is 21.2 Å². The summed E-state index contributed by atoms with van der Waals surface area (Å²) in [5.74, 6) is -2.07. The molecule has 1 heterocycles. The summed E-state index contributed by atoms with van der Waals surface area (Å²) in [6.45, 7) is -0.271. The molecule has 0 aliphatic heterocycles. The number of esters is 1. The summed E-state index contributed by atoms with van der Waals surface area (Å²) in [4.78, 5) is 37.8. The van der Waals surface area contributed by atoms with E-state index in [0.29, 0.717) is 0 Å². The third-order valence-electron chi connectivity index (χ3n) is 3.43. The molecule has 9 nitrogen and oxygen atoms in total. The molecule has 160 valence electrons. The van der Waals surface area contributed by atoms with Crippen molar-refractivity contribution in [2.45, 2.75) is 19.2 Å². The minimum absolute atomic E-state index is 0.0722. The number of nitrogens with zero attached hydrogens (tertiary/aromatic N) is 2. The van der Waals surface area contributed by atoms with Crippen molar-refractivity contribution in [2.75, 3.05) is 11.9 Å². The Bertz CT molecular complexity index is 953. The van der Waals surface area contributed by atoms with Crippen molar-refractivity contribution in [1.29, 1.82) is 0 Å². The fraction of sp³-hybridized carbons (Fsp3) is 0.235. The molecule has 1 aromatic carbocycles. The summed E-state index contributed by atoms with van der Waals surface area (Å²) in [7, 11) is 0. The van der Waals surface area contributed by atoms with Crippen LogP contribution in [0, 0.1) is 10.1 Å². The molecule has 1 unspecified atom stereocenters. The maximum absolute atomic E-state index is 12.2. The van der Waals surface area contributed by atoms with Crippen LogP contribution in [-0.4, -0.2) is 40.7 Å². The van der Waals surface area contributed by atoms with Crippen molar-refractivity contribution in [3.63, 3.8) is 0 Å². The number of hydrogen-bond acceptors (Lipinski definition) is 7. The molecule has 1 amide bonds. The Morgan fingerprint density at radius 3 is 2.53 bits per heavy atom. The number of alkyl halides is 3. The third kappa shape index (κ3) is 6.58. The zero-order valence-electron chi connectivity index (χ0n) is 15.1. The van der Waals surface area contributed by atoms with E-state index in [1.165, 1.54) is 13.0 Å². The van der Waals surface area contributed by atoms with Crippen molar-refractivity contribution in [1.82, 2.24) is 4.98 Å². The number of nitro groups is 1. The molecule has 0 aliphatic carbocycles. The number of aromatic nitrogens is 1. The van der Waals surface area contributed by atoms with Gasteiger partial charge in [-0.05, 0) is 19.1 Å². The van der Waals surface area contributed by atoms with Crippen LogP contribution in [0.1, 0.15) is 17.3 Å². The quantitative estimate of drug-likeness (QED) is 0.389. The predicted octanol–water partition coefficient (Wildman–Crippen LogP) is 3.77. The SMILES string of the molecule is CC(OC(=O)c1ccc(OCC(F)(F)F)nc1)C(=O)Nc1ccc([N+](=O)[O-])cc1Cl. The highest BCUT2D eigenvalue weighted by atomic mass is 35.5. The Labute approximate surface area is 171 Å². The first-order valence-electron chi connectivity index (χ1n) is 8.07. The number of benzene rings is 1. The van der Waals surface area contributed by atoms with Gasteiger partial charge in [0.15, 0.2) is 12.7 Å². The van der Waals surface area contributed by atoms with Crippen molar-refractivity contribution >= 4 is 34.9 Å². The number of ether oxygens (including phenoxy) is 2. The molecule has 1 aromatic heterocycles. The largest absolute Gasteiger partial charge is 0.468 e. The van der Waals surface area contributed by atoms with E-state index in [0.717, 1.165) is 30.5 Å². The van der Waals surface area contributed by atoms with Crippen molar-refractivity contribution in [2.24, 2.45) is 0 Å². The number of pyridine rings is 1. The molecule has 0 bridgehead atoms. The van der Waals surface area contributed by atoms with E-state index in [9.17, 15) is 32.9 Å². The molecule has 2 aromatic rings. The maximum Gasteiger partial charge on any atom is 0.422 e. The van der Waals surface area contributed by atoms with E-state index in [4.69, 9.17) is 16.3 Å². The Morgan fingerprint density at radius 2 is 2.00 bits per heavy atom. The highest BCUT2D eigenvalue weighted by molar-refractivity contribution is 6.34. The van der Waals surface area contributed by atoms with Crippen molar-refractivity contribution < 1.29 is 37.2 Å². The average Bonchev–Trinajstić information content (AvgIpc) is 2.67. The van der Waals surface area contributed by atoms with Gasteiger partial charge in [-0.25, -0.2) is 9.78 Å². The molecule has 2 rings (SSSR count). The summed E-state index contributed by atoms with van der Waals surface area (Å²) < 4.78 is 45.7. The summed E-state index contributed by atoms with van der Waals surface area (Å²) in [6, 6.07) is 5.56. The lowest BCUT2D eigenvalue weighted by molar-refractivity contribution is -0.384. The van der Waals surface area contributed by atoms with Crippen LogP contribution >= 0.6 is 11.6 Å². The zero-order valence-corrected chi connectivity index (χ0v) is 15.9. The van der Waals surface area contributed by atoms with Gasteiger partial charge < -0.3 is 14.8 Å². The van der Waals surface area contributed by atoms with Gasteiger partial charge in [-0.3, -0.25) is 14.9 Å². The van der Waals surface area contributed by atoms with Crippen LogP contribution in [-0.2, 0) is 9.53 Å². The number of halogens is 4. The first-order chi connectivity index (χ1) is 14.0. The molecular formula is C17H13ClF3N3O6. The summed E-state index contributed by atoms with van der Waals surface area (Å²) in [5, 5.41) is 13.0. The monoisotopic (exact) mass is 447 g/mol. The average molecular weight is 448 g/mol. The normalized spacial score (nSPS) is 12.0. The summed E-state index contributed by atoms with van der Waals surface area (Å²) in [5.41, 5.74) is -0.321. The van der Waals surface area contributed by atoms with Crippen LogP contribution in [0.25, 0.3) is 0 Å². The van der Waals surface area contributed by atoms with Crippen LogP contribution in [0.2, 0.25) is 5.02 Å². The second kappa shape index (κ2) is 9.39. The topological polar surface area (TPSA) is 121 Å². The maximum atomic E-state index is 12.2. The lowest BCUT2D eigenvalue weighted by Gasteiger charge is -2.14. The second-order valence-electron chi connectivity index (χ2n) is 5.75. The van der Waals surface area contributed by atoms with E-state index in [2.05, 4.69) is 15.0 Å². The number of carbonyl (C=O) groups is 2. The minimum Gasteiger partial charge on any atom is -0.468 e. The van der Waals surface area contributed by atoms with Crippen LogP contribution in [0.3, 0.4) is 0 Å². The lowest BCUT2D eigenvalue weighted by Crippen LogP contribution is -2.30. The molecule has 0 spiro atoms. The molecule has 1 atom stereocenters. The first-order valence-corrected chi connectivity index (χ1v) is 8.45. The number of nitrogens with one attached hydrogen (secondary N) is 1. The third-order valence-corrected chi connectivity index (χ3v) is 3.74. The Kier molecular flexibility index (Phi) is 7.16. The van der Waals surface area contributed by atoms with Crippen LogP contribution in [0.5, 0.6) is 5.88 Å². The van der Waals surface area contributed by atoms with Gasteiger partial charge in [0.25, 0.3) is 11.6 Å². The highest BCUT2D eigenvalue weighted by Gasteiger charge is 2.28. The van der Waals surface area contributed by atoms with Crippen molar-refractivity contribution in [3.05, 3.63) is 57.2 Å². The number of nitro benzene ring substituents is 1. The van der Waals surface area contributed by atoms with Gasteiger partial charge in [0.2, 0.25) is 5.88 Å². The van der Waals surface area contributed by atoms with Gasteiger partial charge in [0.1, 0.15) is 0 Å². The molecule has 0 saturated carbocycles. The van der Waals surface area contributed by atoms with E-state index in [1.807, 2.05) is 0 Å². The first kappa shape index (κ1) is 22.9. The molecule has 0 fully saturated rings. The van der Waals surface area contributed by atoms with E-state index in [1.54, 1.807) is 0 Å². The van der Waals surface area contributed by atoms with Crippen molar-refractivity contribution in [3.8, 4) is 5.88 Å². The van der Waals surface area contributed by atoms with E-state index < -0.39 is 35.7 Å². The molecule has 0 aliphatic rings. The fourth-order valence-corrected chi connectivity index (χ4v) is 2.20. The van der Waals surface area contributed by atoms with Crippen LogP contribution in [0.4, 0.5) is 24.5 Å². The number of anilines is 1. The molecule has 13 heteroatoms. The van der Waals surface area contributed by atoms with E-state index >= 15 is 0 Å². The predicted molar refractivity (Wildman–Crippen MR) is 97.4 cm³/mol. The van der Waals surface area contributed by atoms with Gasteiger partial charge in [-0.2, -0.15) is 13.2 Å². The Hall–Kier alpha value is -3.41. The molecule has 0 radical (unpaired) electrons. The Morgan fingerprint density at radius 1 is 1.30 bits per heavy atom. The number of non-ortho nitro benzene ring substituents is 1. The van der Waals surface area contributed by atoms with Gasteiger partial charge in [-0.1, -0.05) is 11.6 Å². The van der Waals surface area contributed by atoms with Gasteiger partial charge in [0, 0.05) is 24.4 Å². The van der Waals surface area contributed by atoms with Crippen LogP contribution < -0.4 is 10.1 Å². The van der Waals surface area contributed by atoms with Gasteiger partial charge in [-0.15, -0.1) is 0 Å². The number of amides is 1. The number of rotatable bonds is 7. The molecule has 30 heavy (non-hydrogen) atoms. The second-order valence-corrected chi connectivity index (χ2v) is 6.15. The molecule has 1 N–H and O–H groups in total. The molecule has 0 saturated heterocycles. The highest BCUT2D eigenvalue weighted by Crippen LogP contribution is 2.27. The smallest absolute Gasteiger partial charge is 0.422 e. The zero-order chi connectivity index (χ0) is 22.5.